The summed E-state index contributed by atoms with van der Waals surface area (Å²) in [5, 5.41) is 6.23. The molecule has 0 aromatic heterocycles. The quantitative estimate of drug-likeness (QED) is 0.558. The summed E-state index contributed by atoms with van der Waals surface area (Å²) in [7, 11) is 2.91. The van der Waals surface area contributed by atoms with Gasteiger partial charge < -0.3 is 14.8 Å². The van der Waals surface area contributed by atoms with Gasteiger partial charge in [0.05, 0.1) is 37.6 Å². The second-order valence-electron chi connectivity index (χ2n) is 5.18. The molecule has 0 radical (unpaired) electrons. The molecule has 0 bridgehead atoms. The summed E-state index contributed by atoms with van der Waals surface area (Å²) < 4.78 is 23.8. The van der Waals surface area contributed by atoms with Gasteiger partial charge in [0.15, 0.2) is 0 Å². The Bertz CT molecular complexity index is 853. The molecule has 27 heavy (non-hydrogen) atoms. The minimum Gasteiger partial charge on any atom is -0.497 e. The lowest BCUT2D eigenvalue weighted by Crippen LogP contribution is -2.35. The summed E-state index contributed by atoms with van der Waals surface area (Å²) in [5.41, 5.74) is 2.47. The lowest BCUT2D eigenvalue weighted by atomic mass is 10.1. The standard InChI is InChI=1S/C18H17ClFN3O4/c1-26-11-6-7-12(16(8-11)27-2)18(25)21-10-17(24)23-22-9-13-14(19)4-3-5-15(13)20/h3-9H,10H2,1-2H3,(H,21,25)(H,23,24)/b22-9+. The molecule has 2 amide bonds. The van der Waals surface area contributed by atoms with Crippen LogP contribution in [0.25, 0.3) is 0 Å². The van der Waals surface area contributed by atoms with E-state index in [0.717, 1.165) is 6.21 Å². The topological polar surface area (TPSA) is 89.0 Å². The zero-order valence-corrected chi connectivity index (χ0v) is 15.3. The predicted octanol–water partition coefficient (Wildman–Crippen LogP) is 2.38. The lowest BCUT2D eigenvalue weighted by molar-refractivity contribution is -0.120. The van der Waals surface area contributed by atoms with Crippen LogP contribution >= 0.6 is 11.6 Å². The van der Waals surface area contributed by atoms with Crippen LogP contribution in [0, 0.1) is 5.82 Å². The number of benzene rings is 2. The second kappa shape index (κ2) is 9.54. The first-order valence-electron chi connectivity index (χ1n) is 7.72. The Labute approximate surface area is 160 Å². The van der Waals surface area contributed by atoms with E-state index in [2.05, 4.69) is 15.8 Å². The van der Waals surface area contributed by atoms with Gasteiger partial charge in [-0.05, 0) is 24.3 Å². The number of halogens is 2. The van der Waals surface area contributed by atoms with Crippen LogP contribution in [0.15, 0.2) is 41.5 Å². The van der Waals surface area contributed by atoms with E-state index >= 15 is 0 Å². The molecule has 2 aromatic carbocycles. The van der Waals surface area contributed by atoms with E-state index in [4.69, 9.17) is 21.1 Å². The van der Waals surface area contributed by atoms with E-state index in [9.17, 15) is 14.0 Å². The Balaban J connectivity index is 1.92. The summed E-state index contributed by atoms with van der Waals surface area (Å²) in [6.45, 7) is -0.337. The highest BCUT2D eigenvalue weighted by Crippen LogP contribution is 2.24. The number of hydrazone groups is 1. The third-order valence-corrected chi connectivity index (χ3v) is 3.78. The Kier molecular flexibility index (Phi) is 7.13. The van der Waals surface area contributed by atoms with Crippen molar-refractivity contribution in [1.29, 1.82) is 0 Å². The maximum absolute atomic E-state index is 13.6. The number of carbonyl (C=O) groups is 2. The zero-order valence-electron chi connectivity index (χ0n) is 14.6. The van der Waals surface area contributed by atoms with Crippen molar-refractivity contribution in [1.82, 2.24) is 10.7 Å². The van der Waals surface area contributed by atoms with Crippen LogP contribution in [-0.2, 0) is 4.79 Å². The molecule has 142 valence electrons. The van der Waals surface area contributed by atoms with Gasteiger partial charge >= 0.3 is 0 Å². The van der Waals surface area contributed by atoms with Gasteiger partial charge in [-0.3, -0.25) is 9.59 Å². The molecule has 2 N–H and O–H groups in total. The highest BCUT2D eigenvalue weighted by atomic mass is 35.5. The maximum atomic E-state index is 13.6. The third kappa shape index (κ3) is 5.42. The second-order valence-corrected chi connectivity index (χ2v) is 5.58. The molecule has 0 spiro atoms. The fourth-order valence-corrected chi connectivity index (χ4v) is 2.30. The van der Waals surface area contributed by atoms with Crippen molar-refractivity contribution in [2.75, 3.05) is 20.8 Å². The third-order valence-electron chi connectivity index (χ3n) is 3.45. The fraction of sp³-hybridized carbons (Fsp3) is 0.167. The summed E-state index contributed by atoms with van der Waals surface area (Å²) in [4.78, 5) is 24.0. The number of rotatable bonds is 7. The first-order valence-corrected chi connectivity index (χ1v) is 8.10. The van der Waals surface area contributed by atoms with Crippen molar-refractivity contribution < 1.29 is 23.5 Å². The molecular weight excluding hydrogens is 377 g/mol. The predicted molar refractivity (Wildman–Crippen MR) is 99.0 cm³/mol. The Morgan fingerprint density at radius 1 is 1.22 bits per heavy atom. The molecule has 0 saturated carbocycles. The molecule has 2 rings (SSSR count). The van der Waals surface area contributed by atoms with Gasteiger partial charge in [0.25, 0.3) is 11.8 Å². The van der Waals surface area contributed by atoms with Crippen LogP contribution in [0.2, 0.25) is 5.02 Å². The van der Waals surface area contributed by atoms with E-state index in [1.54, 1.807) is 12.1 Å². The number of ether oxygens (including phenoxy) is 2. The number of nitrogens with one attached hydrogen (secondary N) is 2. The first-order chi connectivity index (χ1) is 13.0. The van der Waals surface area contributed by atoms with Crippen molar-refractivity contribution >= 4 is 29.6 Å². The van der Waals surface area contributed by atoms with Gasteiger partial charge in [-0.2, -0.15) is 5.10 Å². The molecule has 0 heterocycles. The van der Waals surface area contributed by atoms with Gasteiger partial charge in [-0.1, -0.05) is 17.7 Å². The van der Waals surface area contributed by atoms with Gasteiger partial charge in [0.1, 0.15) is 17.3 Å². The normalized spacial score (nSPS) is 10.5. The van der Waals surface area contributed by atoms with Crippen molar-refractivity contribution in [2.24, 2.45) is 5.10 Å². The van der Waals surface area contributed by atoms with Crippen LogP contribution in [0.3, 0.4) is 0 Å². The first kappa shape index (κ1) is 20.2. The van der Waals surface area contributed by atoms with Crippen LogP contribution < -0.4 is 20.2 Å². The molecule has 0 fully saturated rings. The number of methoxy groups -OCH3 is 2. The fourth-order valence-electron chi connectivity index (χ4n) is 2.08. The Morgan fingerprint density at radius 2 is 2.00 bits per heavy atom. The molecule has 9 heteroatoms. The summed E-state index contributed by atoms with van der Waals surface area (Å²) in [6, 6.07) is 8.84. The number of hydrogen-bond donors (Lipinski definition) is 2. The molecule has 7 nitrogen and oxygen atoms in total. The number of amides is 2. The summed E-state index contributed by atoms with van der Waals surface area (Å²) >= 11 is 5.84. The minimum absolute atomic E-state index is 0.0477. The maximum Gasteiger partial charge on any atom is 0.259 e. The van der Waals surface area contributed by atoms with Gasteiger partial charge in [0, 0.05) is 11.6 Å². The molecule has 2 aromatic rings. The Hall–Kier alpha value is -3.13. The van der Waals surface area contributed by atoms with Crippen molar-refractivity contribution in [3.8, 4) is 11.5 Å². The molecule has 0 aliphatic heterocycles. The molecule has 0 aliphatic rings. The average molecular weight is 394 g/mol. The summed E-state index contributed by atoms with van der Waals surface area (Å²) in [5.74, 6) is -0.840. The van der Waals surface area contributed by atoms with E-state index < -0.39 is 17.6 Å². The highest BCUT2D eigenvalue weighted by molar-refractivity contribution is 6.33. The molecule has 0 aliphatic carbocycles. The van der Waals surface area contributed by atoms with Crippen molar-refractivity contribution in [2.45, 2.75) is 0 Å². The van der Waals surface area contributed by atoms with Crippen LogP contribution in [0.4, 0.5) is 4.39 Å². The smallest absolute Gasteiger partial charge is 0.259 e. The van der Waals surface area contributed by atoms with E-state index in [-0.39, 0.29) is 22.7 Å². The molecular formula is C18H17ClFN3O4. The SMILES string of the molecule is COc1ccc(C(=O)NCC(=O)N/N=C/c2c(F)cccc2Cl)c(OC)c1. The van der Waals surface area contributed by atoms with Crippen molar-refractivity contribution in [3.05, 3.63) is 58.4 Å². The van der Waals surface area contributed by atoms with Crippen LogP contribution in [-0.4, -0.2) is 38.8 Å². The molecule has 0 unspecified atom stereocenters. The van der Waals surface area contributed by atoms with Gasteiger partial charge in [-0.15, -0.1) is 0 Å². The van der Waals surface area contributed by atoms with Crippen LogP contribution in [0.1, 0.15) is 15.9 Å². The Morgan fingerprint density at radius 3 is 2.67 bits per heavy atom. The number of hydrogen-bond acceptors (Lipinski definition) is 5. The molecule has 0 atom stereocenters. The molecule has 0 saturated heterocycles. The van der Waals surface area contributed by atoms with Gasteiger partial charge in [0.2, 0.25) is 0 Å². The summed E-state index contributed by atoms with van der Waals surface area (Å²) in [6.07, 6.45) is 1.09. The minimum atomic E-state index is -0.598. The van der Waals surface area contributed by atoms with E-state index in [0.29, 0.717) is 11.5 Å². The average Bonchev–Trinajstić information content (AvgIpc) is 2.67. The van der Waals surface area contributed by atoms with Crippen LogP contribution in [0.5, 0.6) is 11.5 Å². The number of nitrogens with zero attached hydrogens (tertiary/aromatic N) is 1. The largest absolute Gasteiger partial charge is 0.497 e. The number of carbonyl (C=O) groups excluding carboxylic acids is 2. The lowest BCUT2D eigenvalue weighted by Gasteiger charge is -2.10. The van der Waals surface area contributed by atoms with Gasteiger partial charge in [-0.25, -0.2) is 9.82 Å². The van der Waals surface area contributed by atoms with E-state index in [1.165, 1.54) is 38.5 Å². The highest BCUT2D eigenvalue weighted by Gasteiger charge is 2.14. The van der Waals surface area contributed by atoms with E-state index in [1.807, 2.05) is 0 Å². The monoisotopic (exact) mass is 393 g/mol. The van der Waals surface area contributed by atoms with Crippen molar-refractivity contribution in [3.63, 3.8) is 0 Å². The zero-order chi connectivity index (χ0) is 19.8.